The number of hydrogen-bond acceptors (Lipinski definition) is 2. The van der Waals surface area contributed by atoms with E-state index in [1.54, 1.807) is 18.5 Å². The molecule has 2 aromatic heterocycles. The number of amides is 1. The van der Waals surface area contributed by atoms with Crippen molar-refractivity contribution in [1.29, 1.82) is 0 Å². The molecule has 94 valence electrons. The second kappa shape index (κ2) is 4.24. The van der Waals surface area contributed by atoms with Crippen molar-refractivity contribution in [2.24, 2.45) is 5.73 Å². The van der Waals surface area contributed by atoms with Gasteiger partial charge >= 0.3 is 0 Å². The van der Waals surface area contributed by atoms with Gasteiger partial charge in [-0.3, -0.25) is 9.78 Å². The van der Waals surface area contributed by atoms with Gasteiger partial charge in [-0.2, -0.15) is 0 Å². The van der Waals surface area contributed by atoms with E-state index in [9.17, 15) is 4.79 Å². The average Bonchev–Trinajstić information content (AvgIpc) is 2.75. The molecule has 1 aromatic carbocycles. The van der Waals surface area contributed by atoms with Crippen molar-refractivity contribution in [1.82, 2.24) is 9.97 Å². The average molecular weight is 251 g/mol. The number of hydrogen-bond donors (Lipinski definition) is 2. The van der Waals surface area contributed by atoms with Gasteiger partial charge in [0.15, 0.2) is 0 Å². The second-order valence-corrected chi connectivity index (χ2v) is 4.45. The summed E-state index contributed by atoms with van der Waals surface area (Å²) in [6, 6.07) is 9.47. The monoisotopic (exact) mass is 251 g/mol. The molecule has 3 rings (SSSR count). The highest BCUT2D eigenvalue weighted by Gasteiger charge is 2.14. The minimum absolute atomic E-state index is 0.423. The fraction of sp³-hybridized carbons (Fsp3) is 0.0667. The lowest BCUT2D eigenvalue weighted by molar-refractivity contribution is 0.100. The fourth-order valence-electron chi connectivity index (χ4n) is 2.44. The molecule has 0 bridgehead atoms. The number of nitrogens with one attached hydrogen (secondary N) is 1. The molecular weight excluding hydrogens is 238 g/mol. The molecule has 19 heavy (non-hydrogen) atoms. The molecule has 0 spiro atoms. The van der Waals surface area contributed by atoms with Gasteiger partial charge in [0, 0.05) is 29.0 Å². The van der Waals surface area contributed by atoms with Crippen LogP contribution in [-0.4, -0.2) is 15.9 Å². The topological polar surface area (TPSA) is 71.8 Å². The Labute approximate surface area is 110 Å². The van der Waals surface area contributed by atoms with Gasteiger partial charge in [0.2, 0.25) is 0 Å². The molecule has 0 aliphatic carbocycles. The number of nitrogens with zero attached hydrogens (tertiary/aromatic N) is 1. The van der Waals surface area contributed by atoms with Crippen LogP contribution < -0.4 is 5.73 Å². The molecule has 4 heteroatoms. The van der Waals surface area contributed by atoms with Crippen LogP contribution in [0.15, 0.2) is 42.7 Å². The predicted octanol–water partition coefficient (Wildman–Crippen LogP) is 2.64. The number of carbonyl (C=O) groups excluding carboxylic acids is 1. The molecule has 0 atom stereocenters. The van der Waals surface area contributed by atoms with Crippen LogP contribution in [0, 0.1) is 6.92 Å². The number of nitrogens with two attached hydrogens (primary N) is 1. The minimum atomic E-state index is -0.423. The summed E-state index contributed by atoms with van der Waals surface area (Å²) < 4.78 is 0. The third kappa shape index (κ3) is 1.78. The number of fused-ring (bicyclic) bond motifs is 1. The van der Waals surface area contributed by atoms with Crippen molar-refractivity contribution >= 4 is 16.8 Å². The van der Waals surface area contributed by atoms with E-state index in [0.717, 1.165) is 27.7 Å². The zero-order valence-corrected chi connectivity index (χ0v) is 10.5. The van der Waals surface area contributed by atoms with E-state index in [4.69, 9.17) is 5.73 Å². The Morgan fingerprint density at radius 2 is 1.95 bits per heavy atom. The van der Waals surface area contributed by atoms with E-state index in [-0.39, 0.29) is 0 Å². The first-order valence-electron chi connectivity index (χ1n) is 6.00. The van der Waals surface area contributed by atoms with Gasteiger partial charge < -0.3 is 10.7 Å². The number of para-hydroxylation sites is 1. The molecule has 0 fully saturated rings. The molecule has 3 N–H and O–H groups in total. The van der Waals surface area contributed by atoms with E-state index < -0.39 is 5.91 Å². The van der Waals surface area contributed by atoms with Crippen LogP contribution in [0.5, 0.6) is 0 Å². The summed E-state index contributed by atoms with van der Waals surface area (Å²) in [4.78, 5) is 18.7. The Bertz CT molecular complexity index is 760. The van der Waals surface area contributed by atoms with Crippen molar-refractivity contribution in [3.8, 4) is 11.1 Å². The standard InChI is InChI=1S/C15H13N3O/c1-9-13(10-5-7-17-8-6-10)11-3-2-4-12(15(16)19)14(11)18-9/h2-8,18H,1H3,(H2,16,19). The van der Waals surface area contributed by atoms with E-state index in [1.807, 2.05) is 31.2 Å². The summed E-state index contributed by atoms with van der Waals surface area (Å²) in [5, 5.41) is 1.00. The fourth-order valence-corrected chi connectivity index (χ4v) is 2.44. The summed E-state index contributed by atoms with van der Waals surface area (Å²) in [6.45, 7) is 1.99. The van der Waals surface area contributed by atoms with Crippen LogP contribution in [0.4, 0.5) is 0 Å². The normalized spacial score (nSPS) is 10.8. The molecule has 3 aromatic rings. The van der Waals surface area contributed by atoms with Gasteiger partial charge in [-0.05, 0) is 30.7 Å². The number of benzene rings is 1. The first-order chi connectivity index (χ1) is 9.18. The summed E-state index contributed by atoms with van der Waals surface area (Å²) in [6.07, 6.45) is 3.51. The van der Waals surface area contributed by atoms with Crippen molar-refractivity contribution in [2.75, 3.05) is 0 Å². The molecule has 4 nitrogen and oxygen atoms in total. The maximum Gasteiger partial charge on any atom is 0.250 e. The number of aryl methyl sites for hydroxylation is 1. The summed E-state index contributed by atoms with van der Waals surface area (Å²) in [5.41, 5.74) is 9.88. The Balaban J connectivity index is 2.36. The smallest absolute Gasteiger partial charge is 0.250 e. The quantitative estimate of drug-likeness (QED) is 0.735. The number of carbonyl (C=O) groups is 1. The lowest BCUT2D eigenvalue weighted by Crippen LogP contribution is -2.11. The molecular formula is C15H13N3O. The van der Waals surface area contributed by atoms with Gasteiger partial charge in [-0.15, -0.1) is 0 Å². The van der Waals surface area contributed by atoms with E-state index >= 15 is 0 Å². The number of aromatic amines is 1. The maximum atomic E-state index is 11.5. The number of rotatable bonds is 2. The lowest BCUT2D eigenvalue weighted by Gasteiger charge is -2.01. The van der Waals surface area contributed by atoms with Crippen LogP contribution in [0.3, 0.4) is 0 Å². The Morgan fingerprint density at radius 1 is 1.21 bits per heavy atom. The third-order valence-corrected chi connectivity index (χ3v) is 3.26. The van der Waals surface area contributed by atoms with Gasteiger partial charge in [-0.25, -0.2) is 0 Å². The van der Waals surface area contributed by atoms with Crippen molar-refractivity contribution in [2.45, 2.75) is 6.92 Å². The van der Waals surface area contributed by atoms with Gasteiger partial charge in [0.05, 0.1) is 11.1 Å². The molecule has 2 heterocycles. The van der Waals surface area contributed by atoms with E-state index in [0.29, 0.717) is 5.56 Å². The summed E-state index contributed by atoms with van der Waals surface area (Å²) in [7, 11) is 0. The van der Waals surface area contributed by atoms with Crippen LogP contribution in [0.2, 0.25) is 0 Å². The summed E-state index contributed by atoms with van der Waals surface area (Å²) >= 11 is 0. The largest absolute Gasteiger partial charge is 0.366 e. The number of primary amides is 1. The maximum absolute atomic E-state index is 11.5. The summed E-state index contributed by atoms with van der Waals surface area (Å²) in [5.74, 6) is -0.423. The van der Waals surface area contributed by atoms with Crippen molar-refractivity contribution in [3.63, 3.8) is 0 Å². The first kappa shape index (κ1) is 11.5. The first-order valence-corrected chi connectivity index (χ1v) is 6.00. The van der Waals surface area contributed by atoms with Crippen LogP contribution in [0.25, 0.3) is 22.0 Å². The number of H-pyrrole nitrogens is 1. The molecule has 0 saturated carbocycles. The highest BCUT2D eigenvalue weighted by Crippen LogP contribution is 2.33. The van der Waals surface area contributed by atoms with E-state index in [1.165, 1.54) is 0 Å². The number of pyridine rings is 1. The van der Waals surface area contributed by atoms with E-state index in [2.05, 4.69) is 9.97 Å². The SMILES string of the molecule is Cc1[nH]c2c(C(N)=O)cccc2c1-c1ccncc1. The second-order valence-electron chi connectivity index (χ2n) is 4.45. The van der Waals surface area contributed by atoms with Crippen molar-refractivity contribution in [3.05, 3.63) is 54.0 Å². The minimum Gasteiger partial charge on any atom is -0.366 e. The molecule has 0 unspecified atom stereocenters. The molecule has 1 amide bonds. The number of aromatic nitrogens is 2. The molecule has 0 saturated heterocycles. The molecule has 0 aliphatic rings. The lowest BCUT2D eigenvalue weighted by atomic mass is 10.0. The van der Waals surface area contributed by atoms with Gasteiger partial charge in [0.1, 0.15) is 0 Å². The highest BCUT2D eigenvalue weighted by molar-refractivity contribution is 6.09. The Hall–Kier alpha value is -2.62. The zero-order chi connectivity index (χ0) is 13.4. The third-order valence-electron chi connectivity index (χ3n) is 3.26. The molecule has 0 radical (unpaired) electrons. The van der Waals surface area contributed by atoms with Crippen LogP contribution >= 0.6 is 0 Å². The van der Waals surface area contributed by atoms with Crippen molar-refractivity contribution < 1.29 is 4.79 Å². The highest BCUT2D eigenvalue weighted by atomic mass is 16.1. The van der Waals surface area contributed by atoms with Gasteiger partial charge in [0.25, 0.3) is 5.91 Å². The van der Waals surface area contributed by atoms with Gasteiger partial charge in [-0.1, -0.05) is 12.1 Å². The predicted molar refractivity (Wildman–Crippen MR) is 74.8 cm³/mol. The molecule has 0 aliphatic heterocycles. The zero-order valence-electron chi connectivity index (χ0n) is 10.5. The van der Waals surface area contributed by atoms with Crippen LogP contribution in [-0.2, 0) is 0 Å². The Kier molecular flexibility index (Phi) is 2.56. The van der Waals surface area contributed by atoms with Crippen LogP contribution in [0.1, 0.15) is 16.1 Å². The Morgan fingerprint density at radius 3 is 2.63 bits per heavy atom.